The Labute approximate surface area is 93.5 Å². The van der Waals surface area contributed by atoms with Crippen LogP contribution in [0.4, 0.5) is 5.95 Å². The second-order valence-corrected chi connectivity index (χ2v) is 5.17. The molecular formula is C10H19N3OS. The van der Waals surface area contributed by atoms with Crippen molar-refractivity contribution in [1.82, 2.24) is 9.55 Å². The van der Waals surface area contributed by atoms with Gasteiger partial charge in [0.05, 0.1) is 0 Å². The van der Waals surface area contributed by atoms with Gasteiger partial charge in [-0.25, -0.2) is 4.98 Å². The van der Waals surface area contributed by atoms with E-state index in [1.165, 1.54) is 0 Å². The number of hydrogen-bond acceptors (Lipinski definition) is 3. The molecule has 0 aliphatic heterocycles. The maximum atomic E-state index is 11.2. The Kier molecular flexibility index (Phi) is 5.39. The van der Waals surface area contributed by atoms with E-state index in [9.17, 15) is 4.21 Å². The molecule has 0 amide bonds. The first-order valence-corrected chi connectivity index (χ1v) is 6.86. The summed E-state index contributed by atoms with van der Waals surface area (Å²) in [6.07, 6.45) is 4.84. The first-order valence-electron chi connectivity index (χ1n) is 5.37. The SMILES string of the molecule is CCCn1ccnc1NCCS(=O)CC. The second-order valence-electron chi connectivity index (χ2n) is 3.30. The van der Waals surface area contributed by atoms with Gasteiger partial charge in [-0.1, -0.05) is 13.8 Å². The summed E-state index contributed by atoms with van der Waals surface area (Å²) in [6, 6.07) is 0. The van der Waals surface area contributed by atoms with Crippen LogP contribution in [0, 0.1) is 0 Å². The Hall–Kier alpha value is -0.840. The zero-order chi connectivity index (χ0) is 11.1. The van der Waals surface area contributed by atoms with Crippen molar-refractivity contribution in [3.8, 4) is 0 Å². The zero-order valence-electron chi connectivity index (χ0n) is 9.40. The van der Waals surface area contributed by atoms with E-state index in [4.69, 9.17) is 0 Å². The number of aryl methyl sites for hydroxylation is 1. The average Bonchev–Trinajstić information content (AvgIpc) is 2.66. The van der Waals surface area contributed by atoms with E-state index in [0.717, 1.165) is 31.2 Å². The monoisotopic (exact) mass is 229 g/mol. The van der Waals surface area contributed by atoms with Crippen molar-refractivity contribution in [1.29, 1.82) is 0 Å². The highest BCUT2D eigenvalue weighted by Crippen LogP contribution is 2.04. The average molecular weight is 229 g/mol. The van der Waals surface area contributed by atoms with Crippen LogP contribution in [0.3, 0.4) is 0 Å². The third-order valence-electron chi connectivity index (χ3n) is 2.11. The van der Waals surface area contributed by atoms with Crippen molar-refractivity contribution in [2.24, 2.45) is 0 Å². The predicted molar refractivity (Wildman–Crippen MR) is 64.6 cm³/mol. The Morgan fingerprint density at radius 1 is 1.53 bits per heavy atom. The van der Waals surface area contributed by atoms with Crippen molar-refractivity contribution < 1.29 is 4.21 Å². The number of imidazole rings is 1. The van der Waals surface area contributed by atoms with E-state index in [2.05, 4.69) is 21.8 Å². The molecule has 1 atom stereocenters. The van der Waals surface area contributed by atoms with Crippen molar-refractivity contribution in [2.75, 3.05) is 23.4 Å². The van der Waals surface area contributed by atoms with Crippen LogP contribution < -0.4 is 5.32 Å². The molecular weight excluding hydrogens is 210 g/mol. The van der Waals surface area contributed by atoms with Crippen LogP contribution in [0.2, 0.25) is 0 Å². The van der Waals surface area contributed by atoms with Gasteiger partial charge in [0.15, 0.2) is 0 Å². The molecule has 0 spiro atoms. The molecule has 0 aliphatic carbocycles. The van der Waals surface area contributed by atoms with Gasteiger partial charge in [0.2, 0.25) is 5.95 Å². The number of hydrogen-bond donors (Lipinski definition) is 1. The molecule has 0 aromatic carbocycles. The molecule has 4 nitrogen and oxygen atoms in total. The molecule has 86 valence electrons. The van der Waals surface area contributed by atoms with E-state index < -0.39 is 10.8 Å². The van der Waals surface area contributed by atoms with E-state index in [1.807, 2.05) is 13.1 Å². The van der Waals surface area contributed by atoms with Crippen LogP contribution in [0.5, 0.6) is 0 Å². The lowest BCUT2D eigenvalue weighted by Crippen LogP contribution is -2.15. The highest BCUT2D eigenvalue weighted by Gasteiger charge is 2.01. The Balaban J connectivity index is 2.36. The van der Waals surface area contributed by atoms with Crippen LogP contribution >= 0.6 is 0 Å². The van der Waals surface area contributed by atoms with E-state index in [1.54, 1.807) is 6.20 Å². The van der Waals surface area contributed by atoms with Crippen LogP contribution in [0.1, 0.15) is 20.3 Å². The van der Waals surface area contributed by atoms with Gasteiger partial charge in [-0.15, -0.1) is 0 Å². The van der Waals surface area contributed by atoms with Gasteiger partial charge in [-0.3, -0.25) is 4.21 Å². The summed E-state index contributed by atoms with van der Waals surface area (Å²) in [6.45, 7) is 5.77. The highest BCUT2D eigenvalue weighted by molar-refractivity contribution is 7.84. The van der Waals surface area contributed by atoms with Crippen molar-refractivity contribution >= 4 is 16.7 Å². The minimum absolute atomic E-state index is 0.690. The topological polar surface area (TPSA) is 46.9 Å². The summed E-state index contributed by atoms with van der Waals surface area (Å²) in [5.74, 6) is 2.30. The molecule has 1 aromatic heterocycles. The lowest BCUT2D eigenvalue weighted by atomic mass is 10.5. The van der Waals surface area contributed by atoms with Crippen LogP contribution in [0.25, 0.3) is 0 Å². The summed E-state index contributed by atoms with van der Waals surface area (Å²) in [5.41, 5.74) is 0. The molecule has 1 rings (SSSR count). The third kappa shape index (κ3) is 4.03. The molecule has 0 radical (unpaired) electrons. The van der Waals surface area contributed by atoms with E-state index in [0.29, 0.717) is 5.75 Å². The maximum absolute atomic E-state index is 11.2. The number of nitrogens with zero attached hydrogens (tertiary/aromatic N) is 2. The molecule has 0 saturated carbocycles. The summed E-state index contributed by atoms with van der Waals surface area (Å²) in [7, 11) is -0.698. The normalized spacial score (nSPS) is 12.7. The van der Waals surface area contributed by atoms with Gasteiger partial charge < -0.3 is 9.88 Å². The van der Waals surface area contributed by atoms with Crippen LogP contribution in [0.15, 0.2) is 12.4 Å². The molecule has 0 bridgehead atoms. The molecule has 0 fully saturated rings. The Morgan fingerprint density at radius 3 is 3.00 bits per heavy atom. The summed E-state index contributed by atoms with van der Waals surface area (Å²) in [4.78, 5) is 4.21. The standard InChI is InChI=1S/C10H19N3OS/c1-3-7-13-8-5-11-10(13)12-6-9-15(14)4-2/h5,8H,3-4,6-7,9H2,1-2H3,(H,11,12). The molecule has 0 aliphatic rings. The lowest BCUT2D eigenvalue weighted by molar-refractivity contribution is 0.679. The highest BCUT2D eigenvalue weighted by atomic mass is 32.2. The maximum Gasteiger partial charge on any atom is 0.202 e. The van der Waals surface area contributed by atoms with Gasteiger partial charge in [0.25, 0.3) is 0 Å². The molecule has 1 N–H and O–H groups in total. The molecule has 5 heteroatoms. The first-order chi connectivity index (χ1) is 7.27. The van der Waals surface area contributed by atoms with Gasteiger partial charge in [0, 0.05) is 47.8 Å². The molecule has 0 saturated heterocycles. The van der Waals surface area contributed by atoms with Gasteiger partial charge in [0.1, 0.15) is 0 Å². The lowest BCUT2D eigenvalue weighted by Gasteiger charge is -2.08. The summed E-state index contributed by atoms with van der Waals surface area (Å²) < 4.78 is 13.3. The van der Waals surface area contributed by atoms with Gasteiger partial charge in [-0.2, -0.15) is 0 Å². The van der Waals surface area contributed by atoms with E-state index in [-0.39, 0.29) is 0 Å². The minimum Gasteiger partial charge on any atom is -0.355 e. The molecule has 1 aromatic rings. The van der Waals surface area contributed by atoms with Crippen LogP contribution in [-0.2, 0) is 17.3 Å². The van der Waals surface area contributed by atoms with Crippen molar-refractivity contribution in [3.05, 3.63) is 12.4 Å². The first kappa shape index (κ1) is 12.2. The third-order valence-corrected chi connectivity index (χ3v) is 3.42. The molecule has 1 unspecified atom stereocenters. The quantitative estimate of drug-likeness (QED) is 0.770. The van der Waals surface area contributed by atoms with Crippen LogP contribution in [-0.4, -0.2) is 31.8 Å². The smallest absolute Gasteiger partial charge is 0.202 e. The molecule has 1 heterocycles. The number of aromatic nitrogens is 2. The Bertz CT molecular complexity index is 311. The number of rotatable bonds is 7. The van der Waals surface area contributed by atoms with E-state index >= 15 is 0 Å². The van der Waals surface area contributed by atoms with Gasteiger partial charge in [-0.05, 0) is 6.42 Å². The fourth-order valence-electron chi connectivity index (χ4n) is 1.32. The summed E-state index contributed by atoms with van der Waals surface area (Å²) >= 11 is 0. The second kappa shape index (κ2) is 6.61. The van der Waals surface area contributed by atoms with Crippen molar-refractivity contribution in [3.63, 3.8) is 0 Å². The minimum atomic E-state index is -0.698. The fraction of sp³-hybridized carbons (Fsp3) is 0.700. The molecule has 15 heavy (non-hydrogen) atoms. The zero-order valence-corrected chi connectivity index (χ0v) is 10.2. The number of nitrogens with one attached hydrogen (secondary N) is 1. The van der Waals surface area contributed by atoms with Gasteiger partial charge >= 0.3 is 0 Å². The fourth-order valence-corrected chi connectivity index (χ4v) is 1.94. The largest absolute Gasteiger partial charge is 0.355 e. The number of anilines is 1. The predicted octanol–water partition coefficient (Wildman–Crippen LogP) is 1.47. The summed E-state index contributed by atoms with van der Waals surface area (Å²) in [5, 5.41) is 3.20. The Morgan fingerprint density at radius 2 is 2.33 bits per heavy atom. The van der Waals surface area contributed by atoms with Crippen molar-refractivity contribution in [2.45, 2.75) is 26.8 Å².